The monoisotopic (exact) mass is 134 g/mol. The zero-order chi connectivity index (χ0) is 6.57. The molecule has 56 valence electrons. The van der Waals surface area contributed by atoms with E-state index in [-0.39, 0.29) is 18.3 Å². The summed E-state index contributed by atoms with van der Waals surface area (Å²) in [6, 6.07) is -0.0831. The molecule has 0 aliphatic heterocycles. The Morgan fingerprint density at radius 3 is 2.11 bits per heavy atom. The Labute approximate surface area is 54.9 Å². The summed E-state index contributed by atoms with van der Waals surface area (Å²) in [5.74, 6) is 0. The van der Waals surface area contributed by atoms with E-state index >= 15 is 0 Å². The first-order valence-corrected chi connectivity index (χ1v) is 2.53. The van der Waals surface area contributed by atoms with Crippen LogP contribution in [0.2, 0.25) is 0 Å². The van der Waals surface area contributed by atoms with Gasteiger partial charge >= 0.3 is 0 Å². The molecule has 0 heterocycles. The smallest absolute Gasteiger partial charge is 0.293 e. The highest BCUT2D eigenvalue weighted by molar-refractivity contribution is 5.37. The number of hydrogen-bond donors (Lipinski definition) is 2. The van der Waals surface area contributed by atoms with Crippen molar-refractivity contribution in [2.24, 2.45) is 5.73 Å². The number of rotatable bonds is 3. The van der Waals surface area contributed by atoms with E-state index in [9.17, 15) is 4.79 Å². The minimum atomic E-state index is -0.174. The highest BCUT2D eigenvalue weighted by Gasteiger charge is 2.05. The van der Waals surface area contributed by atoms with Gasteiger partial charge in [-0.2, -0.15) is 0 Å². The van der Waals surface area contributed by atoms with E-state index in [0.29, 0.717) is 6.47 Å². The molecule has 4 heteroatoms. The van der Waals surface area contributed by atoms with Crippen LogP contribution in [0.4, 0.5) is 0 Å². The molecule has 0 aromatic carbocycles. The molecule has 0 aliphatic carbocycles. The van der Waals surface area contributed by atoms with Gasteiger partial charge in [0.25, 0.3) is 6.47 Å². The van der Waals surface area contributed by atoms with Crippen molar-refractivity contribution >= 4 is 6.47 Å². The topological polar surface area (TPSA) is 87.3 Å². The van der Waals surface area contributed by atoms with Gasteiger partial charge in [0.2, 0.25) is 0 Å². The number of hydrogen-bond acceptors (Lipinski definition) is 4. The van der Waals surface area contributed by atoms with Crippen LogP contribution in [0.5, 0.6) is 0 Å². The van der Waals surface area contributed by atoms with E-state index in [2.05, 4.69) is 4.74 Å². The van der Waals surface area contributed by atoms with Gasteiger partial charge in [0, 0.05) is 6.04 Å². The lowest BCUT2D eigenvalue weighted by Gasteiger charge is -2.11. The lowest BCUT2D eigenvalue weighted by molar-refractivity contribution is -0.133. The predicted octanol–water partition coefficient (Wildman–Crippen LogP) is 0.0571. The molecule has 2 unspecified atom stereocenters. The second-order valence-electron chi connectivity index (χ2n) is 1.80. The van der Waals surface area contributed by atoms with Crippen molar-refractivity contribution < 1.29 is 9.53 Å². The lowest BCUT2D eigenvalue weighted by atomic mass is 10.2. The maximum Gasteiger partial charge on any atom is 0.293 e. The molecule has 0 aliphatic rings. The third-order valence-corrected chi connectivity index (χ3v) is 1.01. The molecule has 0 amide bonds. The van der Waals surface area contributed by atoms with Crippen LogP contribution in [-0.2, 0) is 9.53 Å². The van der Waals surface area contributed by atoms with E-state index in [1.807, 2.05) is 0 Å². The summed E-state index contributed by atoms with van der Waals surface area (Å²) in [5.41, 5.74) is 5.34. The van der Waals surface area contributed by atoms with Crippen molar-refractivity contribution in [3.63, 3.8) is 0 Å². The van der Waals surface area contributed by atoms with Crippen molar-refractivity contribution in [3.8, 4) is 0 Å². The van der Waals surface area contributed by atoms with Gasteiger partial charge in [0.05, 0.1) is 0 Å². The summed E-state index contributed by atoms with van der Waals surface area (Å²) in [5, 5.41) is 0. The average molecular weight is 134 g/mol. The van der Waals surface area contributed by atoms with Crippen LogP contribution in [0.25, 0.3) is 0 Å². The van der Waals surface area contributed by atoms with Crippen LogP contribution in [0.15, 0.2) is 0 Å². The minimum Gasteiger partial charge on any atom is -0.463 e. The van der Waals surface area contributed by atoms with Gasteiger partial charge < -0.3 is 16.6 Å². The highest BCUT2D eigenvalue weighted by atomic mass is 16.5. The van der Waals surface area contributed by atoms with Crippen molar-refractivity contribution in [1.82, 2.24) is 6.15 Å². The molecule has 4 nitrogen and oxygen atoms in total. The largest absolute Gasteiger partial charge is 0.463 e. The standard InChI is InChI=1S/C5H11NO2.H3N/c1-4(6)5(2)8-3-7;/h3-5H,6H2,1-2H3;1H3. The van der Waals surface area contributed by atoms with Gasteiger partial charge in [-0.25, -0.2) is 0 Å². The Morgan fingerprint density at radius 1 is 1.56 bits per heavy atom. The van der Waals surface area contributed by atoms with Crippen molar-refractivity contribution in [3.05, 3.63) is 0 Å². The second-order valence-corrected chi connectivity index (χ2v) is 1.80. The fourth-order valence-corrected chi connectivity index (χ4v) is 0.212. The van der Waals surface area contributed by atoms with Crippen LogP contribution < -0.4 is 11.9 Å². The fourth-order valence-electron chi connectivity index (χ4n) is 0.212. The molecule has 5 N–H and O–H groups in total. The van der Waals surface area contributed by atoms with E-state index < -0.39 is 0 Å². The SMILES string of the molecule is CC(N)C(C)OC=O.N. The molecular weight excluding hydrogens is 120 g/mol. The first-order chi connectivity index (χ1) is 3.68. The van der Waals surface area contributed by atoms with Gasteiger partial charge in [-0.05, 0) is 13.8 Å². The molecule has 0 aromatic heterocycles. The summed E-state index contributed by atoms with van der Waals surface area (Å²) < 4.78 is 4.50. The summed E-state index contributed by atoms with van der Waals surface area (Å²) in [6.07, 6.45) is -0.174. The van der Waals surface area contributed by atoms with Gasteiger partial charge in [-0.3, -0.25) is 4.79 Å². The fraction of sp³-hybridized carbons (Fsp3) is 0.800. The summed E-state index contributed by atoms with van der Waals surface area (Å²) in [7, 11) is 0. The van der Waals surface area contributed by atoms with Crippen LogP contribution in [0, 0.1) is 0 Å². The Balaban J connectivity index is 0. The maximum atomic E-state index is 9.64. The van der Waals surface area contributed by atoms with Crippen LogP contribution in [0.1, 0.15) is 13.8 Å². The first-order valence-electron chi connectivity index (χ1n) is 2.53. The van der Waals surface area contributed by atoms with Crippen LogP contribution in [-0.4, -0.2) is 18.6 Å². The molecule has 0 fully saturated rings. The summed E-state index contributed by atoms with van der Waals surface area (Å²) in [6.45, 7) is 3.95. The van der Waals surface area contributed by atoms with Crippen molar-refractivity contribution in [2.45, 2.75) is 26.0 Å². The molecule has 0 saturated carbocycles. The first kappa shape index (κ1) is 11.2. The average Bonchev–Trinajstić information content (AvgIpc) is 1.67. The lowest BCUT2D eigenvalue weighted by Crippen LogP contribution is -2.30. The molecule has 0 spiro atoms. The Kier molecular flexibility index (Phi) is 6.89. The van der Waals surface area contributed by atoms with E-state index in [1.165, 1.54) is 0 Å². The van der Waals surface area contributed by atoms with E-state index in [4.69, 9.17) is 5.73 Å². The Morgan fingerprint density at radius 2 is 2.00 bits per heavy atom. The number of ether oxygens (including phenoxy) is 1. The Hall–Kier alpha value is -0.610. The van der Waals surface area contributed by atoms with Crippen LogP contribution >= 0.6 is 0 Å². The molecule has 0 radical (unpaired) electrons. The number of carbonyl (C=O) groups excluding carboxylic acids is 1. The van der Waals surface area contributed by atoms with E-state index in [0.717, 1.165) is 0 Å². The highest BCUT2D eigenvalue weighted by Crippen LogP contribution is 1.90. The van der Waals surface area contributed by atoms with Gasteiger partial charge in [-0.1, -0.05) is 0 Å². The number of nitrogens with two attached hydrogens (primary N) is 1. The molecule has 9 heavy (non-hydrogen) atoms. The van der Waals surface area contributed by atoms with Crippen LogP contribution in [0.3, 0.4) is 0 Å². The molecule has 0 saturated heterocycles. The second kappa shape index (κ2) is 5.53. The molecule has 0 aromatic rings. The van der Waals surface area contributed by atoms with Crippen molar-refractivity contribution in [2.75, 3.05) is 0 Å². The quantitative estimate of drug-likeness (QED) is 0.534. The molecule has 2 atom stereocenters. The van der Waals surface area contributed by atoms with Gasteiger partial charge in [-0.15, -0.1) is 0 Å². The third-order valence-electron chi connectivity index (χ3n) is 1.01. The number of carbonyl (C=O) groups is 1. The summed E-state index contributed by atoms with van der Waals surface area (Å²) in [4.78, 5) is 9.64. The van der Waals surface area contributed by atoms with Gasteiger partial charge in [0.15, 0.2) is 0 Å². The normalized spacial score (nSPS) is 15.0. The molecule has 0 rings (SSSR count). The van der Waals surface area contributed by atoms with Gasteiger partial charge in [0.1, 0.15) is 6.10 Å². The van der Waals surface area contributed by atoms with E-state index in [1.54, 1.807) is 13.8 Å². The predicted molar refractivity (Wildman–Crippen MR) is 35.3 cm³/mol. The summed E-state index contributed by atoms with van der Waals surface area (Å²) >= 11 is 0. The zero-order valence-corrected chi connectivity index (χ0v) is 5.83. The molecular formula is C5H14N2O2. The maximum absolute atomic E-state index is 9.64. The molecule has 0 bridgehead atoms. The minimum absolute atomic E-state index is 0. The zero-order valence-electron chi connectivity index (χ0n) is 5.83. The third kappa shape index (κ3) is 5.26. The van der Waals surface area contributed by atoms with Crippen molar-refractivity contribution in [1.29, 1.82) is 0 Å². The Bertz CT molecular complexity index is 75.4.